The topological polar surface area (TPSA) is 71.6 Å². The van der Waals surface area contributed by atoms with Crippen LogP contribution in [0.2, 0.25) is 0 Å². The molecular formula is C21H20BrNO4. The molecule has 1 aromatic heterocycles. The Morgan fingerprint density at radius 1 is 1.26 bits per heavy atom. The number of carboxylic acid groups (broad SMARTS) is 1. The number of benzene rings is 2. The van der Waals surface area contributed by atoms with Crippen LogP contribution in [0, 0.1) is 6.92 Å². The molecule has 0 amide bonds. The van der Waals surface area contributed by atoms with Gasteiger partial charge in [0, 0.05) is 17.1 Å². The molecule has 2 aromatic carbocycles. The van der Waals surface area contributed by atoms with E-state index >= 15 is 0 Å². The highest BCUT2D eigenvalue weighted by Crippen LogP contribution is 2.42. The lowest BCUT2D eigenvalue weighted by Gasteiger charge is -2.25. The van der Waals surface area contributed by atoms with Gasteiger partial charge in [0.25, 0.3) is 0 Å². The smallest absolute Gasteiger partial charge is 0.341 e. The predicted molar refractivity (Wildman–Crippen MR) is 107 cm³/mol. The molecule has 0 unspecified atom stereocenters. The van der Waals surface area contributed by atoms with Crippen molar-refractivity contribution >= 4 is 32.8 Å². The lowest BCUT2D eigenvalue weighted by atomic mass is 9.80. The maximum Gasteiger partial charge on any atom is 0.341 e. The SMILES string of the molecule is Cc1cc(OCC(=O)O)cc(Br)c1Oc1ccc2[nH]cc(C3CCC3)c2c1. The first-order valence-electron chi connectivity index (χ1n) is 8.95. The Balaban J connectivity index is 1.60. The van der Waals surface area contributed by atoms with Gasteiger partial charge in [-0.25, -0.2) is 4.79 Å². The minimum atomic E-state index is -1.01. The van der Waals surface area contributed by atoms with Gasteiger partial charge in [-0.3, -0.25) is 0 Å². The van der Waals surface area contributed by atoms with E-state index < -0.39 is 5.97 Å². The van der Waals surface area contributed by atoms with Crippen molar-refractivity contribution in [3.05, 3.63) is 52.1 Å². The first kappa shape index (κ1) is 17.9. The summed E-state index contributed by atoms with van der Waals surface area (Å²) in [6, 6.07) is 9.57. The molecule has 0 bridgehead atoms. The maximum absolute atomic E-state index is 10.7. The normalized spacial score (nSPS) is 14.1. The minimum Gasteiger partial charge on any atom is -0.482 e. The number of H-pyrrole nitrogens is 1. The number of nitrogens with one attached hydrogen (secondary N) is 1. The zero-order valence-corrected chi connectivity index (χ0v) is 16.5. The molecule has 0 atom stereocenters. The highest BCUT2D eigenvalue weighted by Gasteiger charge is 2.22. The molecule has 4 rings (SSSR count). The molecule has 140 valence electrons. The molecule has 1 saturated carbocycles. The molecule has 3 aromatic rings. The van der Waals surface area contributed by atoms with E-state index in [4.69, 9.17) is 14.6 Å². The molecular weight excluding hydrogens is 410 g/mol. The van der Waals surface area contributed by atoms with Crippen LogP contribution in [0.1, 0.15) is 36.3 Å². The number of rotatable bonds is 6. The van der Waals surface area contributed by atoms with Crippen molar-refractivity contribution in [2.45, 2.75) is 32.1 Å². The van der Waals surface area contributed by atoms with Crippen LogP contribution in [0.4, 0.5) is 0 Å². The lowest BCUT2D eigenvalue weighted by Crippen LogP contribution is -2.09. The van der Waals surface area contributed by atoms with Gasteiger partial charge in [0.15, 0.2) is 6.61 Å². The molecule has 2 N–H and O–H groups in total. The van der Waals surface area contributed by atoms with Crippen LogP contribution in [-0.4, -0.2) is 22.7 Å². The fraction of sp³-hybridized carbons (Fsp3) is 0.286. The van der Waals surface area contributed by atoms with Gasteiger partial charge in [-0.2, -0.15) is 0 Å². The minimum absolute atomic E-state index is 0.375. The number of fused-ring (bicyclic) bond motifs is 1. The Morgan fingerprint density at radius 2 is 2.07 bits per heavy atom. The van der Waals surface area contributed by atoms with Crippen molar-refractivity contribution in [2.75, 3.05) is 6.61 Å². The monoisotopic (exact) mass is 429 g/mol. The number of aromatic nitrogens is 1. The van der Waals surface area contributed by atoms with Crippen LogP contribution >= 0.6 is 15.9 Å². The molecule has 1 aliphatic carbocycles. The van der Waals surface area contributed by atoms with E-state index in [0.29, 0.717) is 17.4 Å². The standard InChI is InChI=1S/C21H20BrNO4/c1-12-7-15(26-11-20(24)25)9-18(22)21(12)27-14-5-6-19-16(8-14)17(10-23-19)13-3-2-4-13/h5-10,13,23H,2-4,11H2,1H3,(H,24,25). The quantitative estimate of drug-likeness (QED) is 0.522. The van der Waals surface area contributed by atoms with E-state index in [-0.39, 0.29) is 6.61 Å². The fourth-order valence-electron chi connectivity index (χ4n) is 3.42. The number of aryl methyl sites for hydroxylation is 1. The van der Waals surface area contributed by atoms with Crippen LogP contribution in [0.15, 0.2) is 41.0 Å². The van der Waals surface area contributed by atoms with Gasteiger partial charge in [-0.1, -0.05) is 6.42 Å². The van der Waals surface area contributed by atoms with Crippen molar-refractivity contribution in [1.29, 1.82) is 0 Å². The van der Waals surface area contributed by atoms with Gasteiger partial charge in [0.05, 0.1) is 4.47 Å². The number of aromatic amines is 1. The van der Waals surface area contributed by atoms with Gasteiger partial charge in [0.1, 0.15) is 17.2 Å². The largest absolute Gasteiger partial charge is 0.482 e. The first-order chi connectivity index (χ1) is 13.0. The summed E-state index contributed by atoms with van der Waals surface area (Å²) in [7, 11) is 0. The zero-order valence-electron chi connectivity index (χ0n) is 14.9. The van der Waals surface area contributed by atoms with E-state index in [1.807, 2.05) is 19.1 Å². The summed E-state index contributed by atoms with van der Waals surface area (Å²) in [5.41, 5.74) is 3.35. The highest BCUT2D eigenvalue weighted by atomic mass is 79.9. The number of carbonyl (C=O) groups is 1. The molecule has 0 spiro atoms. The molecule has 0 saturated heterocycles. The maximum atomic E-state index is 10.7. The van der Waals surface area contributed by atoms with Gasteiger partial charge < -0.3 is 19.6 Å². The Hall–Kier alpha value is -2.47. The molecule has 0 aliphatic heterocycles. The highest BCUT2D eigenvalue weighted by molar-refractivity contribution is 9.10. The second-order valence-electron chi connectivity index (χ2n) is 6.91. The third-order valence-electron chi connectivity index (χ3n) is 5.02. The summed E-state index contributed by atoms with van der Waals surface area (Å²) >= 11 is 3.50. The summed E-state index contributed by atoms with van der Waals surface area (Å²) < 4.78 is 12.1. The van der Waals surface area contributed by atoms with Crippen molar-refractivity contribution < 1.29 is 19.4 Å². The van der Waals surface area contributed by atoms with Gasteiger partial charge in [-0.15, -0.1) is 0 Å². The van der Waals surface area contributed by atoms with E-state index in [0.717, 1.165) is 21.3 Å². The third-order valence-corrected chi connectivity index (χ3v) is 5.60. The van der Waals surface area contributed by atoms with Crippen LogP contribution in [0.3, 0.4) is 0 Å². The summed E-state index contributed by atoms with van der Waals surface area (Å²) in [4.78, 5) is 14.0. The average molecular weight is 430 g/mol. The molecule has 0 radical (unpaired) electrons. The molecule has 6 heteroatoms. The van der Waals surface area contributed by atoms with E-state index in [1.54, 1.807) is 12.1 Å². The van der Waals surface area contributed by atoms with E-state index in [9.17, 15) is 4.79 Å². The van der Waals surface area contributed by atoms with Crippen molar-refractivity contribution in [3.8, 4) is 17.2 Å². The van der Waals surface area contributed by atoms with Crippen molar-refractivity contribution in [1.82, 2.24) is 4.98 Å². The van der Waals surface area contributed by atoms with Crippen LogP contribution in [0.5, 0.6) is 17.2 Å². The lowest BCUT2D eigenvalue weighted by molar-refractivity contribution is -0.139. The Bertz CT molecular complexity index is 984. The Morgan fingerprint density at radius 3 is 2.74 bits per heavy atom. The number of ether oxygens (including phenoxy) is 2. The van der Waals surface area contributed by atoms with E-state index in [1.165, 1.54) is 30.2 Å². The number of carboxylic acids is 1. The molecule has 5 nitrogen and oxygen atoms in total. The summed E-state index contributed by atoms with van der Waals surface area (Å²) in [5, 5.41) is 9.97. The fourth-order valence-corrected chi connectivity index (χ4v) is 4.04. The summed E-state index contributed by atoms with van der Waals surface area (Å²) in [6.45, 7) is 1.53. The molecule has 1 heterocycles. The number of hydrogen-bond donors (Lipinski definition) is 2. The van der Waals surface area contributed by atoms with Gasteiger partial charge in [-0.05, 0) is 83.1 Å². The summed E-state index contributed by atoms with van der Waals surface area (Å²) in [6.07, 6.45) is 5.92. The van der Waals surface area contributed by atoms with Gasteiger partial charge in [0.2, 0.25) is 0 Å². The molecule has 1 aliphatic rings. The van der Waals surface area contributed by atoms with Gasteiger partial charge >= 0.3 is 5.97 Å². The molecule has 27 heavy (non-hydrogen) atoms. The zero-order chi connectivity index (χ0) is 19.0. The second-order valence-corrected chi connectivity index (χ2v) is 7.77. The van der Waals surface area contributed by atoms with Crippen LogP contribution < -0.4 is 9.47 Å². The predicted octanol–water partition coefficient (Wildman–Crippen LogP) is 5.76. The van der Waals surface area contributed by atoms with Crippen molar-refractivity contribution in [3.63, 3.8) is 0 Å². The number of halogens is 1. The molecule has 1 fully saturated rings. The Labute approximate surface area is 165 Å². The Kier molecular flexibility index (Phi) is 4.83. The third kappa shape index (κ3) is 3.67. The van der Waals surface area contributed by atoms with E-state index in [2.05, 4.69) is 33.2 Å². The van der Waals surface area contributed by atoms with Crippen molar-refractivity contribution in [2.24, 2.45) is 0 Å². The first-order valence-corrected chi connectivity index (χ1v) is 9.74. The van der Waals surface area contributed by atoms with Crippen LogP contribution in [-0.2, 0) is 4.79 Å². The second kappa shape index (κ2) is 7.27. The number of hydrogen-bond acceptors (Lipinski definition) is 3. The average Bonchev–Trinajstić information content (AvgIpc) is 2.98. The number of aliphatic carboxylic acids is 1. The van der Waals surface area contributed by atoms with Crippen LogP contribution in [0.25, 0.3) is 10.9 Å². The summed E-state index contributed by atoms with van der Waals surface area (Å²) in [5.74, 6) is 1.59.